The quantitative estimate of drug-likeness (QED) is 0.624. The summed E-state index contributed by atoms with van der Waals surface area (Å²) < 4.78 is 5.97. The molecule has 168 valence electrons. The minimum absolute atomic E-state index is 0.0127. The lowest BCUT2D eigenvalue weighted by Crippen LogP contribution is -2.47. The largest absolute Gasteiger partial charge is 0.490 e. The van der Waals surface area contributed by atoms with Crippen molar-refractivity contribution in [2.24, 2.45) is 0 Å². The molecule has 0 atom stereocenters. The summed E-state index contributed by atoms with van der Waals surface area (Å²) in [6.45, 7) is 11.7. The molecule has 0 fully saturated rings. The number of fused-ring (bicyclic) bond motifs is 1. The maximum Gasteiger partial charge on any atom is 0.258 e. The van der Waals surface area contributed by atoms with Gasteiger partial charge >= 0.3 is 0 Å². The molecule has 1 amide bonds. The summed E-state index contributed by atoms with van der Waals surface area (Å²) in [4.78, 5) is 20.4. The number of hydrogen-bond donors (Lipinski definition) is 1. The van der Waals surface area contributed by atoms with Crippen molar-refractivity contribution in [1.82, 2.24) is 10.3 Å². The van der Waals surface area contributed by atoms with Gasteiger partial charge in [0.15, 0.2) is 0 Å². The Hall–Kier alpha value is -2.73. The van der Waals surface area contributed by atoms with E-state index >= 15 is 0 Å². The standard InChI is InChI=1S/C26H31N3O2S/c1-6-7-23(32-24-17(2)15-26(4,5)28-25(24)30)29-12-13-31-22-11-10-19(14-21(22)29)20-9-8-18(3)27-16-20/h7-11,14,16H,6,12-13,15H2,1-5H3,(H,28,30)/b23-7+. The number of allylic oxidation sites excluding steroid dienone is 1. The molecule has 32 heavy (non-hydrogen) atoms. The second-order valence-corrected chi connectivity index (χ2v) is 10.1. The average Bonchev–Trinajstić information content (AvgIpc) is 2.74. The molecule has 1 N–H and O–H groups in total. The van der Waals surface area contributed by atoms with Crippen molar-refractivity contribution in [3.05, 3.63) is 63.8 Å². The normalized spacial score (nSPS) is 18.2. The number of aromatic nitrogens is 1. The maximum absolute atomic E-state index is 12.9. The van der Waals surface area contributed by atoms with Gasteiger partial charge in [0.1, 0.15) is 12.4 Å². The van der Waals surface area contributed by atoms with E-state index in [-0.39, 0.29) is 11.4 Å². The van der Waals surface area contributed by atoms with Crippen LogP contribution in [0.1, 0.15) is 46.2 Å². The first-order valence-electron chi connectivity index (χ1n) is 11.1. The highest BCUT2D eigenvalue weighted by molar-refractivity contribution is 8.07. The number of rotatable bonds is 5. The van der Waals surface area contributed by atoms with E-state index in [1.165, 1.54) is 0 Å². The Morgan fingerprint density at radius 1 is 1.25 bits per heavy atom. The van der Waals surface area contributed by atoms with Crippen LogP contribution in [0.3, 0.4) is 0 Å². The van der Waals surface area contributed by atoms with E-state index in [4.69, 9.17) is 4.74 Å². The van der Waals surface area contributed by atoms with Crippen LogP contribution >= 0.6 is 11.8 Å². The summed E-state index contributed by atoms with van der Waals surface area (Å²) in [5, 5.41) is 4.22. The second-order valence-electron chi connectivity index (χ2n) is 9.05. The van der Waals surface area contributed by atoms with Crippen molar-refractivity contribution in [3.63, 3.8) is 0 Å². The van der Waals surface area contributed by atoms with Crippen LogP contribution in [0.5, 0.6) is 5.75 Å². The lowest BCUT2D eigenvalue weighted by molar-refractivity contribution is -0.118. The molecule has 0 saturated heterocycles. The first kappa shape index (κ1) is 22.5. The monoisotopic (exact) mass is 449 g/mol. The molecule has 0 spiro atoms. The molecule has 4 rings (SSSR count). The Labute approximate surface area is 194 Å². The number of pyridine rings is 1. The molecule has 2 aliphatic heterocycles. The molecular weight excluding hydrogens is 418 g/mol. The maximum atomic E-state index is 12.9. The third-order valence-electron chi connectivity index (χ3n) is 5.67. The summed E-state index contributed by atoms with van der Waals surface area (Å²) in [5.41, 5.74) is 5.13. The molecule has 5 nitrogen and oxygen atoms in total. The van der Waals surface area contributed by atoms with E-state index in [0.717, 1.165) is 63.2 Å². The molecule has 2 aliphatic rings. The van der Waals surface area contributed by atoms with Crippen molar-refractivity contribution in [2.75, 3.05) is 18.1 Å². The zero-order chi connectivity index (χ0) is 22.9. The first-order valence-corrected chi connectivity index (χ1v) is 12.0. The molecule has 0 radical (unpaired) electrons. The van der Waals surface area contributed by atoms with Crippen molar-refractivity contribution >= 4 is 23.4 Å². The summed E-state index contributed by atoms with van der Waals surface area (Å²) in [5.74, 6) is 0.876. The number of anilines is 1. The van der Waals surface area contributed by atoms with Gasteiger partial charge in [-0.15, -0.1) is 0 Å². The topological polar surface area (TPSA) is 54.5 Å². The molecule has 3 heterocycles. The number of nitrogens with zero attached hydrogens (tertiary/aromatic N) is 2. The first-order chi connectivity index (χ1) is 15.3. The lowest BCUT2D eigenvalue weighted by Gasteiger charge is -2.36. The third-order valence-corrected chi connectivity index (χ3v) is 7.01. The number of amides is 1. The molecule has 0 bridgehead atoms. The minimum Gasteiger partial charge on any atom is -0.490 e. The molecule has 1 aromatic heterocycles. The third kappa shape index (κ3) is 4.70. The number of aryl methyl sites for hydroxylation is 1. The number of carbonyl (C=O) groups excluding carboxylic acids is 1. The van der Waals surface area contributed by atoms with E-state index in [2.05, 4.69) is 67.2 Å². The molecule has 0 saturated carbocycles. The van der Waals surface area contributed by atoms with Gasteiger partial charge in [0.05, 0.1) is 22.2 Å². The van der Waals surface area contributed by atoms with Gasteiger partial charge in [-0.3, -0.25) is 9.78 Å². The lowest BCUT2D eigenvalue weighted by atomic mass is 9.92. The molecule has 0 aliphatic carbocycles. The summed E-state index contributed by atoms with van der Waals surface area (Å²) in [7, 11) is 0. The predicted molar refractivity (Wildman–Crippen MR) is 133 cm³/mol. The Balaban J connectivity index is 1.69. The zero-order valence-corrected chi connectivity index (χ0v) is 20.3. The van der Waals surface area contributed by atoms with Crippen LogP contribution in [0.25, 0.3) is 11.1 Å². The van der Waals surface area contributed by atoms with Crippen molar-refractivity contribution in [2.45, 2.75) is 53.0 Å². The summed E-state index contributed by atoms with van der Waals surface area (Å²) in [6.07, 6.45) is 5.85. The minimum atomic E-state index is -0.206. The highest BCUT2D eigenvalue weighted by Gasteiger charge is 2.32. The van der Waals surface area contributed by atoms with E-state index in [1.54, 1.807) is 11.8 Å². The van der Waals surface area contributed by atoms with Gasteiger partial charge in [-0.1, -0.05) is 42.5 Å². The van der Waals surface area contributed by atoms with Crippen molar-refractivity contribution < 1.29 is 9.53 Å². The van der Waals surface area contributed by atoms with Gasteiger partial charge < -0.3 is 15.0 Å². The number of carbonyl (C=O) groups is 1. The summed E-state index contributed by atoms with van der Waals surface area (Å²) >= 11 is 1.57. The van der Waals surface area contributed by atoms with Crippen LogP contribution in [-0.2, 0) is 4.79 Å². The molecule has 2 aromatic rings. The van der Waals surface area contributed by atoms with Crippen LogP contribution in [0, 0.1) is 6.92 Å². The zero-order valence-electron chi connectivity index (χ0n) is 19.5. The average molecular weight is 450 g/mol. The van der Waals surface area contributed by atoms with Gasteiger partial charge in [0.2, 0.25) is 0 Å². The Morgan fingerprint density at radius 2 is 2.03 bits per heavy atom. The number of nitrogens with one attached hydrogen (secondary N) is 1. The van der Waals surface area contributed by atoms with Gasteiger partial charge in [-0.25, -0.2) is 0 Å². The SMILES string of the molecule is CC/C=C(/SC1=C(C)CC(C)(C)NC1=O)N1CCOc2ccc(-c3ccc(C)nc3)cc21. The Kier molecular flexibility index (Phi) is 6.33. The highest BCUT2D eigenvalue weighted by atomic mass is 32.2. The van der Waals surface area contributed by atoms with E-state index in [9.17, 15) is 4.79 Å². The second kappa shape index (κ2) is 9.02. The fourth-order valence-corrected chi connectivity index (χ4v) is 5.38. The van der Waals surface area contributed by atoms with Crippen LogP contribution in [-0.4, -0.2) is 29.6 Å². The van der Waals surface area contributed by atoms with Gasteiger partial charge in [-0.05, 0) is 64.3 Å². The van der Waals surface area contributed by atoms with Crippen LogP contribution in [0.15, 0.2) is 58.1 Å². The van der Waals surface area contributed by atoms with Gasteiger partial charge in [0.25, 0.3) is 5.91 Å². The number of benzene rings is 1. The fourth-order valence-electron chi connectivity index (χ4n) is 4.23. The smallest absolute Gasteiger partial charge is 0.258 e. The van der Waals surface area contributed by atoms with Crippen molar-refractivity contribution in [3.8, 4) is 16.9 Å². The molecule has 0 unspecified atom stereocenters. The summed E-state index contributed by atoms with van der Waals surface area (Å²) in [6, 6.07) is 10.4. The van der Waals surface area contributed by atoms with E-state index in [1.807, 2.05) is 25.3 Å². The van der Waals surface area contributed by atoms with Crippen LogP contribution in [0.2, 0.25) is 0 Å². The highest BCUT2D eigenvalue weighted by Crippen LogP contribution is 2.43. The fraction of sp³-hybridized carbons (Fsp3) is 0.385. The number of hydrogen-bond acceptors (Lipinski definition) is 5. The Morgan fingerprint density at radius 3 is 2.72 bits per heavy atom. The van der Waals surface area contributed by atoms with Gasteiger partial charge in [0, 0.05) is 23.0 Å². The molecule has 6 heteroatoms. The number of ether oxygens (including phenoxy) is 1. The van der Waals surface area contributed by atoms with Gasteiger partial charge in [-0.2, -0.15) is 0 Å². The van der Waals surface area contributed by atoms with Crippen LogP contribution < -0.4 is 15.0 Å². The molecular formula is C26H31N3O2S. The molecule has 1 aromatic carbocycles. The Bertz CT molecular complexity index is 1090. The van der Waals surface area contributed by atoms with E-state index in [0.29, 0.717) is 6.61 Å². The predicted octanol–water partition coefficient (Wildman–Crippen LogP) is 5.81. The van der Waals surface area contributed by atoms with Crippen molar-refractivity contribution in [1.29, 1.82) is 0 Å². The number of thioether (sulfide) groups is 1. The van der Waals surface area contributed by atoms with E-state index < -0.39 is 0 Å². The van der Waals surface area contributed by atoms with Crippen LogP contribution in [0.4, 0.5) is 5.69 Å².